The van der Waals surface area contributed by atoms with E-state index in [-0.39, 0.29) is 25.0 Å². The molecule has 13 nitrogen and oxygen atoms in total. The Morgan fingerprint density at radius 2 is 1.68 bits per heavy atom. The van der Waals surface area contributed by atoms with Gasteiger partial charge in [-0.1, -0.05) is 0 Å². The van der Waals surface area contributed by atoms with Crippen LogP contribution in [0.3, 0.4) is 0 Å². The number of imidazole rings is 1. The second kappa shape index (κ2) is 12.5. The quantitative estimate of drug-likeness (QED) is 0.142. The average molecular weight is 458 g/mol. The van der Waals surface area contributed by atoms with Crippen molar-refractivity contribution in [3.05, 3.63) is 18.2 Å². The molecule has 0 saturated heterocycles. The Morgan fingerprint density at radius 1 is 1.10 bits per heavy atom. The number of amides is 4. The smallest absolute Gasteiger partial charge is 0.326 e. The summed E-state index contributed by atoms with van der Waals surface area (Å²) in [6.45, 7) is 1.41. The first kappa shape index (κ1) is 25.9. The summed E-state index contributed by atoms with van der Waals surface area (Å²) in [5.74, 6) is -4.32. The van der Waals surface area contributed by atoms with Crippen molar-refractivity contribution in [1.82, 2.24) is 25.9 Å². The molecular weight excluding hydrogens is 430 g/mol. The predicted octanol–water partition coefficient (Wildman–Crippen LogP) is -2.97. The summed E-state index contributed by atoms with van der Waals surface area (Å²) < 4.78 is 0. The van der Waals surface area contributed by atoms with Gasteiger partial charge in [-0.2, -0.15) is 12.6 Å². The minimum absolute atomic E-state index is 0.0556. The van der Waals surface area contributed by atoms with Gasteiger partial charge in [0.05, 0.1) is 12.4 Å². The number of hydrogen-bond acceptors (Lipinski definition) is 8. The number of carbonyl (C=O) groups excluding carboxylic acids is 4. The summed E-state index contributed by atoms with van der Waals surface area (Å²) in [7, 11) is 0. The fourth-order valence-electron chi connectivity index (χ4n) is 2.41. The van der Waals surface area contributed by atoms with E-state index in [9.17, 15) is 29.1 Å². The van der Waals surface area contributed by atoms with Crippen LogP contribution in [0.2, 0.25) is 0 Å². The number of thiol groups is 1. The molecule has 0 bridgehead atoms. The van der Waals surface area contributed by atoms with E-state index in [1.165, 1.54) is 19.4 Å². The number of carbonyl (C=O) groups is 5. The van der Waals surface area contributed by atoms with E-state index < -0.39 is 53.8 Å². The van der Waals surface area contributed by atoms with Crippen molar-refractivity contribution in [2.45, 2.75) is 50.4 Å². The van der Waals surface area contributed by atoms with Gasteiger partial charge in [0, 0.05) is 30.5 Å². The first-order valence-electron chi connectivity index (χ1n) is 9.31. The molecule has 1 heterocycles. The van der Waals surface area contributed by atoms with Crippen molar-refractivity contribution in [3.8, 4) is 0 Å². The van der Waals surface area contributed by atoms with Crippen molar-refractivity contribution in [2.75, 3.05) is 5.75 Å². The van der Waals surface area contributed by atoms with Crippen LogP contribution in [0.1, 0.15) is 25.5 Å². The first-order valence-corrected chi connectivity index (χ1v) is 9.94. The van der Waals surface area contributed by atoms with Crippen LogP contribution in [-0.2, 0) is 30.4 Å². The molecule has 31 heavy (non-hydrogen) atoms. The van der Waals surface area contributed by atoms with Gasteiger partial charge in [0.15, 0.2) is 0 Å². The third-order valence-corrected chi connectivity index (χ3v) is 4.50. The van der Waals surface area contributed by atoms with E-state index in [2.05, 4.69) is 38.5 Å². The maximum absolute atomic E-state index is 12.6. The second-order valence-electron chi connectivity index (χ2n) is 6.78. The number of primary amides is 1. The van der Waals surface area contributed by atoms with Crippen molar-refractivity contribution < 1.29 is 29.1 Å². The van der Waals surface area contributed by atoms with Gasteiger partial charge >= 0.3 is 5.97 Å². The number of rotatable bonds is 13. The maximum atomic E-state index is 12.6. The zero-order valence-electron chi connectivity index (χ0n) is 16.8. The van der Waals surface area contributed by atoms with E-state index in [1.54, 1.807) is 0 Å². The molecule has 1 aromatic rings. The zero-order valence-corrected chi connectivity index (χ0v) is 17.7. The number of nitrogens with one attached hydrogen (secondary N) is 4. The number of aromatic nitrogens is 2. The second-order valence-corrected chi connectivity index (χ2v) is 7.14. The Balaban J connectivity index is 2.83. The molecule has 0 aliphatic rings. The van der Waals surface area contributed by atoms with Crippen LogP contribution in [0.4, 0.5) is 0 Å². The Morgan fingerprint density at radius 3 is 2.16 bits per heavy atom. The topological polar surface area (TPSA) is 222 Å². The minimum Gasteiger partial charge on any atom is -0.480 e. The lowest BCUT2D eigenvalue weighted by atomic mass is 10.1. The number of aromatic amines is 1. The normalized spacial score (nSPS) is 14.5. The van der Waals surface area contributed by atoms with Crippen molar-refractivity contribution >= 4 is 42.2 Å². The standard InChI is InChI=1S/C17H27N7O6S/c1-8(18)14(26)22-10(2-3-13(19)25)15(27)24-12(6-31)16(28)23-11(17(29)30)4-9-5-20-7-21-9/h5,7-8,10-12,31H,2-4,6,18H2,1H3,(H2,19,25)(H,20,21)(H,22,26)(H,23,28)(H,24,27)(H,29,30). The molecule has 0 aromatic carbocycles. The van der Waals surface area contributed by atoms with Gasteiger partial charge in [0.2, 0.25) is 23.6 Å². The monoisotopic (exact) mass is 457 g/mol. The molecule has 4 amide bonds. The molecule has 0 aliphatic heterocycles. The lowest BCUT2D eigenvalue weighted by Gasteiger charge is -2.24. The first-order chi connectivity index (χ1) is 14.5. The molecule has 0 spiro atoms. The van der Waals surface area contributed by atoms with Crippen molar-refractivity contribution in [3.63, 3.8) is 0 Å². The molecule has 0 radical (unpaired) electrons. The maximum Gasteiger partial charge on any atom is 0.326 e. The van der Waals surface area contributed by atoms with Crippen LogP contribution in [0.25, 0.3) is 0 Å². The van der Waals surface area contributed by atoms with E-state index in [4.69, 9.17) is 11.5 Å². The number of H-pyrrole nitrogens is 1. The molecule has 1 rings (SSSR count). The van der Waals surface area contributed by atoms with Crippen molar-refractivity contribution in [2.24, 2.45) is 11.5 Å². The third-order valence-electron chi connectivity index (χ3n) is 4.13. The Bertz CT molecular complexity index is 786. The highest BCUT2D eigenvalue weighted by Crippen LogP contribution is 2.03. The number of hydrogen-bond donors (Lipinski definition) is 8. The van der Waals surface area contributed by atoms with E-state index in [0.717, 1.165) is 0 Å². The largest absolute Gasteiger partial charge is 0.480 e. The molecule has 0 aliphatic carbocycles. The molecule has 1 aromatic heterocycles. The molecule has 9 N–H and O–H groups in total. The van der Waals surface area contributed by atoms with Gasteiger partial charge in [-0.05, 0) is 13.3 Å². The van der Waals surface area contributed by atoms with Crippen LogP contribution in [0, 0.1) is 0 Å². The van der Waals surface area contributed by atoms with Crippen LogP contribution in [-0.4, -0.2) is 74.6 Å². The average Bonchev–Trinajstić information content (AvgIpc) is 3.20. The fourth-order valence-corrected chi connectivity index (χ4v) is 2.67. The Hall–Kier alpha value is -3.13. The molecule has 172 valence electrons. The van der Waals surface area contributed by atoms with E-state index >= 15 is 0 Å². The van der Waals surface area contributed by atoms with Crippen LogP contribution in [0.15, 0.2) is 12.5 Å². The molecular formula is C17H27N7O6S. The van der Waals surface area contributed by atoms with Crippen molar-refractivity contribution in [1.29, 1.82) is 0 Å². The van der Waals surface area contributed by atoms with Gasteiger partial charge in [-0.15, -0.1) is 0 Å². The van der Waals surface area contributed by atoms with E-state index in [1.807, 2.05) is 0 Å². The van der Waals surface area contributed by atoms with Gasteiger partial charge in [-0.25, -0.2) is 9.78 Å². The number of aliphatic carboxylic acids is 1. The number of nitrogens with two attached hydrogens (primary N) is 2. The highest BCUT2D eigenvalue weighted by atomic mass is 32.1. The highest BCUT2D eigenvalue weighted by Gasteiger charge is 2.29. The van der Waals surface area contributed by atoms with Gasteiger partial charge in [0.25, 0.3) is 0 Å². The molecule has 0 saturated carbocycles. The number of carboxylic acid groups (broad SMARTS) is 1. The summed E-state index contributed by atoms with van der Waals surface area (Å²) in [5.41, 5.74) is 11.1. The van der Waals surface area contributed by atoms with Gasteiger partial charge < -0.3 is 37.5 Å². The number of nitrogens with zero attached hydrogens (tertiary/aromatic N) is 1. The highest BCUT2D eigenvalue weighted by molar-refractivity contribution is 7.80. The van der Waals surface area contributed by atoms with E-state index in [0.29, 0.717) is 5.69 Å². The lowest BCUT2D eigenvalue weighted by molar-refractivity contribution is -0.142. The van der Waals surface area contributed by atoms with Crippen LogP contribution < -0.4 is 27.4 Å². The van der Waals surface area contributed by atoms with Gasteiger partial charge in [-0.3, -0.25) is 19.2 Å². The molecule has 0 fully saturated rings. The van der Waals surface area contributed by atoms with Crippen LogP contribution in [0.5, 0.6) is 0 Å². The molecule has 4 unspecified atom stereocenters. The lowest BCUT2D eigenvalue weighted by Crippen LogP contribution is -2.57. The molecule has 14 heteroatoms. The summed E-state index contributed by atoms with van der Waals surface area (Å²) >= 11 is 4.03. The third kappa shape index (κ3) is 9.04. The fraction of sp³-hybridized carbons (Fsp3) is 0.529. The summed E-state index contributed by atoms with van der Waals surface area (Å²) in [5, 5.41) is 16.5. The summed E-state index contributed by atoms with van der Waals surface area (Å²) in [6.07, 6.45) is 2.43. The number of carboxylic acids is 1. The van der Waals surface area contributed by atoms with Crippen LogP contribution >= 0.6 is 12.6 Å². The van der Waals surface area contributed by atoms with Gasteiger partial charge in [0.1, 0.15) is 18.1 Å². The predicted molar refractivity (Wildman–Crippen MR) is 112 cm³/mol. The summed E-state index contributed by atoms with van der Waals surface area (Å²) in [4.78, 5) is 66.1. The SMILES string of the molecule is CC(N)C(=O)NC(CCC(N)=O)C(=O)NC(CS)C(=O)NC(Cc1cnc[nH]1)C(=O)O. The molecule has 4 atom stereocenters. The summed E-state index contributed by atoms with van der Waals surface area (Å²) in [6, 6.07) is -4.58. The Kier molecular flexibility index (Phi) is 10.5. The zero-order chi connectivity index (χ0) is 23.6. The minimum atomic E-state index is -1.28. The Labute approximate surface area is 183 Å².